The SMILES string of the molecule is CN(C)C=O.CN(C)C=O.C[C]1[C](C)[C](C)[C](C)[C]1C.F[P-](F)(F)(F)(F)F.F[P-](F)(F)(F)(F)F.[CH2][CH][CH]c1ccccc1.[Ru+2]. The van der Waals surface area contributed by atoms with E-state index in [2.05, 4.69) is 41.5 Å². The van der Waals surface area contributed by atoms with Crippen molar-refractivity contribution in [2.75, 3.05) is 28.2 Å². The molecule has 1 aromatic rings. The molecule has 1 saturated carbocycles. The average Bonchev–Trinajstić information content (AvgIpc) is 2.94. The minimum absolute atomic E-state index is 0. The molecule has 0 atom stereocenters. The zero-order valence-corrected chi connectivity index (χ0v) is 28.9. The number of carbonyl (C=O) groups is 2. The average molecular weight is 790 g/mol. The minimum atomic E-state index is -10.7. The van der Waals surface area contributed by atoms with E-state index in [1.54, 1.807) is 34.6 Å². The van der Waals surface area contributed by atoms with Crippen molar-refractivity contribution >= 4 is 28.4 Å². The van der Waals surface area contributed by atoms with Gasteiger partial charge in [0.1, 0.15) is 0 Å². The maximum atomic E-state index is 9.87. The van der Waals surface area contributed by atoms with Gasteiger partial charge in [0.2, 0.25) is 12.8 Å². The van der Waals surface area contributed by atoms with Crippen LogP contribution in [0, 0.1) is 49.4 Å². The number of carbonyl (C=O) groups excluding carboxylic acids is 2. The van der Waals surface area contributed by atoms with Crippen LogP contribution in [0.5, 0.6) is 0 Å². The molecule has 262 valence electrons. The normalized spacial score (nSPS) is 17.3. The zero-order chi connectivity index (χ0) is 35.8. The van der Waals surface area contributed by atoms with Crippen LogP contribution in [0.15, 0.2) is 30.3 Å². The number of hydrogen-bond acceptors (Lipinski definition) is 2. The summed E-state index contributed by atoms with van der Waals surface area (Å²) in [4.78, 5) is 21.8. The maximum Gasteiger partial charge on any atom is 2.00 e. The predicted octanol–water partition coefficient (Wildman–Crippen LogP) is 11.4. The Morgan fingerprint density at radius 1 is 0.545 bits per heavy atom. The van der Waals surface area contributed by atoms with Crippen molar-refractivity contribution in [3.05, 3.63) is 85.3 Å². The molecule has 4 nitrogen and oxygen atoms in total. The first kappa shape index (κ1) is 52.3. The quantitative estimate of drug-likeness (QED) is 0.132. The van der Waals surface area contributed by atoms with Gasteiger partial charge in [0.05, 0.1) is 0 Å². The van der Waals surface area contributed by atoms with Gasteiger partial charge in [0.15, 0.2) is 0 Å². The third-order valence-corrected chi connectivity index (χ3v) is 4.34. The van der Waals surface area contributed by atoms with E-state index in [4.69, 9.17) is 0 Å². The molecule has 0 N–H and O–H groups in total. The Bertz CT molecular complexity index is 811. The van der Waals surface area contributed by atoms with Crippen LogP contribution in [-0.2, 0) is 29.1 Å². The van der Waals surface area contributed by atoms with Crippen molar-refractivity contribution < 1.29 is 79.4 Å². The van der Waals surface area contributed by atoms with Crippen molar-refractivity contribution in [2.45, 2.75) is 34.6 Å². The number of nitrogens with zero attached hydrogens (tertiary/aromatic N) is 2. The Hall–Kier alpha value is -1.20. The van der Waals surface area contributed by atoms with Crippen LogP contribution in [0.2, 0.25) is 0 Å². The van der Waals surface area contributed by atoms with E-state index in [0.29, 0.717) is 0 Å². The van der Waals surface area contributed by atoms with E-state index >= 15 is 0 Å². The van der Waals surface area contributed by atoms with Crippen LogP contribution in [0.1, 0.15) is 40.2 Å². The van der Waals surface area contributed by atoms with Gasteiger partial charge < -0.3 is 9.80 Å². The molecule has 0 aliphatic heterocycles. The molecule has 8 radical (unpaired) electrons. The van der Waals surface area contributed by atoms with E-state index in [0.717, 1.165) is 12.8 Å². The van der Waals surface area contributed by atoms with E-state index in [-0.39, 0.29) is 19.5 Å². The molecule has 19 heteroatoms. The monoisotopic (exact) mass is 790 g/mol. The summed E-state index contributed by atoms with van der Waals surface area (Å²) in [7, 11) is -14.6. The Labute approximate surface area is 265 Å². The number of hydrogen-bond donors (Lipinski definition) is 0. The largest absolute Gasteiger partial charge is 2.00 e. The first-order chi connectivity index (χ1) is 18.4. The van der Waals surface area contributed by atoms with Crippen molar-refractivity contribution in [3.63, 3.8) is 0 Å². The fourth-order valence-corrected chi connectivity index (χ4v) is 2.11. The van der Waals surface area contributed by atoms with Crippen LogP contribution in [0.4, 0.5) is 50.4 Å². The molecule has 0 heterocycles. The second kappa shape index (κ2) is 18.2. The number of halogens is 12. The second-order valence-electron chi connectivity index (χ2n) is 8.99. The van der Waals surface area contributed by atoms with Crippen molar-refractivity contribution in [1.29, 1.82) is 0 Å². The van der Waals surface area contributed by atoms with Crippen LogP contribution >= 0.6 is 15.6 Å². The molecule has 0 unspecified atom stereocenters. The van der Waals surface area contributed by atoms with Gasteiger partial charge in [-0.2, -0.15) is 0 Å². The molecule has 1 aromatic carbocycles. The summed E-state index contributed by atoms with van der Waals surface area (Å²) in [6.45, 7) is 14.6. The molecule has 2 amide bonds. The van der Waals surface area contributed by atoms with Gasteiger partial charge in [-0.3, -0.25) is 9.59 Å². The zero-order valence-electron chi connectivity index (χ0n) is 25.4. The van der Waals surface area contributed by atoms with Crippen molar-refractivity contribution in [3.8, 4) is 0 Å². The molecular weight excluding hydrogens is 751 g/mol. The van der Waals surface area contributed by atoms with E-state index in [9.17, 15) is 60.0 Å². The summed E-state index contributed by atoms with van der Waals surface area (Å²) in [5.41, 5.74) is 1.20. The van der Waals surface area contributed by atoms with Gasteiger partial charge in [-0.15, -0.1) is 0 Å². The standard InChI is InChI=1S/C10H15.C9H9.2C3H7NO.2F6P.Ru/c1-6-7(2)9(4)10(5)8(6)3;1-2-6-9-7-4-3-5-8-9;2*1-4(2)3-5;2*1-7(2,3,4,5)6;/h1-5H3;2-8H,1H2;2*3H,1-2H3;;;/q;;;;2*-1;+2. The minimum Gasteiger partial charge on any atom is -0.0622 e. The van der Waals surface area contributed by atoms with Crippen LogP contribution in [0.3, 0.4) is 0 Å². The summed E-state index contributed by atoms with van der Waals surface area (Å²) < 4.78 is 118. The van der Waals surface area contributed by atoms with Crippen molar-refractivity contribution in [2.24, 2.45) is 0 Å². The Morgan fingerprint density at radius 2 is 0.727 bits per heavy atom. The molecule has 1 aliphatic rings. The Kier molecular flexibility index (Phi) is 21.7. The molecule has 0 saturated heterocycles. The molecule has 0 spiro atoms. The van der Waals surface area contributed by atoms with Crippen LogP contribution in [0.25, 0.3) is 0 Å². The summed E-state index contributed by atoms with van der Waals surface area (Å²) in [5.74, 6) is 7.34. The van der Waals surface area contributed by atoms with Gasteiger partial charge in [-0.25, -0.2) is 0 Å². The topological polar surface area (TPSA) is 40.6 Å². The first-order valence-corrected chi connectivity index (χ1v) is 15.6. The summed E-state index contributed by atoms with van der Waals surface area (Å²) in [5, 5.41) is 0. The van der Waals surface area contributed by atoms with Crippen LogP contribution in [-0.4, -0.2) is 50.8 Å². The van der Waals surface area contributed by atoms with Crippen molar-refractivity contribution in [1.82, 2.24) is 9.80 Å². The molecule has 1 aliphatic carbocycles. The molecule has 0 bridgehead atoms. The summed E-state index contributed by atoms with van der Waals surface area (Å²) in [6, 6.07) is 10.1. The second-order valence-corrected chi connectivity index (χ2v) is 12.8. The molecule has 1 fully saturated rings. The first-order valence-electron chi connectivity index (χ1n) is 11.5. The molecule has 44 heavy (non-hydrogen) atoms. The fourth-order valence-electron chi connectivity index (χ4n) is 2.11. The van der Waals surface area contributed by atoms with Gasteiger partial charge >= 0.3 is 85.5 Å². The van der Waals surface area contributed by atoms with E-state index < -0.39 is 15.6 Å². The summed E-state index contributed by atoms with van der Waals surface area (Å²) in [6.07, 6.45) is 5.26. The van der Waals surface area contributed by atoms with E-state index in [1.165, 1.54) is 45.0 Å². The maximum absolute atomic E-state index is 10.7. The van der Waals surface area contributed by atoms with Gasteiger partial charge in [0.25, 0.3) is 0 Å². The number of benzene rings is 1. The van der Waals surface area contributed by atoms with Crippen LogP contribution < -0.4 is 0 Å². The van der Waals surface area contributed by atoms with Gasteiger partial charge in [-0.1, -0.05) is 65.0 Å². The molecule has 0 aromatic heterocycles. The van der Waals surface area contributed by atoms with Gasteiger partial charge in [0, 0.05) is 28.2 Å². The summed E-state index contributed by atoms with van der Waals surface area (Å²) >= 11 is 0. The molecular formula is C25H38F12N2O2P2Ru. The Morgan fingerprint density at radius 3 is 0.864 bits per heavy atom. The number of rotatable bonds is 4. The number of amides is 2. The molecule has 2 rings (SSSR count). The third kappa shape index (κ3) is 56.6. The fraction of sp³-hybridized carbons (Fsp3) is 0.360. The third-order valence-electron chi connectivity index (χ3n) is 4.34. The predicted molar refractivity (Wildman–Crippen MR) is 151 cm³/mol. The Balaban J connectivity index is -0.000000140. The smallest absolute Gasteiger partial charge is 0.0622 e. The van der Waals surface area contributed by atoms with Gasteiger partial charge in [-0.05, 0) is 54.9 Å². The van der Waals surface area contributed by atoms with E-state index in [1.807, 2.05) is 36.8 Å².